The Morgan fingerprint density at radius 2 is 1.73 bits per heavy atom. The predicted molar refractivity (Wildman–Crippen MR) is 121 cm³/mol. The fourth-order valence-electron chi connectivity index (χ4n) is 5.00. The van der Waals surface area contributed by atoms with Crippen molar-refractivity contribution in [3.63, 3.8) is 0 Å². The van der Waals surface area contributed by atoms with Crippen LogP contribution in [0.5, 0.6) is 0 Å². The highest BCUT2D eigenvalue weighted by atomic mass is 16.2. The van der Waals surface area contributed by atoms with Gasteiger partial charge in [0.25, 0.3) is 5.91 Å². The van der Waals surface area contributed by atoms with Crippen LogP contribution >= 0.6 is 0 Å². The first-order valence-corrected chi connectivity index (χ1v) is 12.0. The number of nitrogens with one attached hydrogen (secondary N) is 3. The summed E-state index contributed by atoms with van der Waals surface area (Å²) in [7, 11) is 0. The number of carbonyl (C=O) groups excluding carboxylic acids is 4. The van der Waals surface area contributed by atoms with Crippen LogP contribution in [0.4, 0.5) is 4.79 Å². The maximum Gasteiger partial charge on any atom is 0.344 e. The first-order valence-electron chi connectivity index (χ1n) is 12.0. The van der Waals surface area contributed by atoms with Crippen LogP contribution in [0.3, 0.4) is 0 Å². The molecule has 1 saturated carbocycles. The molecule has 0 bridgehead atoms. The van der Waals surface area contributed by atoms with E-state index < -0.39 is 11.6 Å². The molecule has 1 aliphatic carbocycles. The summed E-state index contributed by atoms with van der Waals surface area (Å²) in [4.78, 5) is 52.1. The lowest BCUT2D eigenvalue weighted by atomic mass is 9.82. The van der Waals surface area contributed by atoms with E-state index in [1.807, 2.05) is 30.3 Å². The van der Waals surface area contributed by atoms with E-state index in [-0.39, 0.29) is 30.1 Å². The second-order valence-electron chi connectivity index (χ2n) is 9.32. The zero-order valence-electron chi connectivity index (χ0n) is 19.0. The van der Waals surface area contributed by atoms with Crippen molar-refractivity contribution in [1.82, 2.24) is 26.0 Å². The maximum atomic E-state index is 12.8. The molecule has 1 aromatic carbocycles. The van der Waals surface area contributed by atoms with Crippen LogP contribution < -0.4 is 16.1 Å². The lowest BCUT2D eigenvalue weighted by Crippen LogP contribution is -2.51. The highest BCUT2D eigenvalue weighted by molar-refractivity contribution is 6.08. The van der Waals surface area contributed by atoms with Crippen LogP contribution in [0.2, 0.25) is 0 Å². The van der Waals surface area contributed by atoms with Gasteiger partial charge in [0, 0.05) is 25.4 Å². The van der Waals surface area contributed by atoms with Crippen molar-refractivity contribution in [2.45, 2.75) is 63.5 Å². The summed E-state index contributed by atoms with van der Waals surface area (Å²) in [6.07, 6.45) is 5.78. The second-order valence-corrected chi connectivity index (χ2v) is 9.32. The Balaban J connectivity index is 1.16. The lowest BCUT2D eigenvalue weighted by molar-refractivity contribution is -0.140. The molecule has 9 nitrogen and oxygen atoms in total. The van der Waals surface area contributed by atoms with E-state index in [0.717, 1.165) is 55.8 Å². The molecule has 4 rings (SSSR count). The number of hydrogen-bond donors (Lipinski definition) is 3. The summed E-state index contributed by atoms with van der Waals surface area (Å²) in [5.41, 5.74) is 2.73. The van der Waals surface area contributed by atoms with Crippen molar-refractivity contribution in [1.29, 1.82) is 0 Å². The maximum absolute atomic E-state index is 12.8. The Bertz CT molecular complexity index is 876. The molecule has 0 atom stereocenters. The Morgan fingerprint density at radius 3 is 2.42 bits per heavy atom. The zero-order chi connectivity index (χ0) is 23.3. The SMILES string of the molecule is O=C(CCN1CCC(C(=O)NCc2ccccc2)CC1)NN1C(=O)NC2(CCCCC2)C1=O. The zero-order valence-corrected chi connectivity index (χ0v) is 19.0. The van der Waals surface area contributed by atoms with E-state index in [0.29, 0.717) is 25.9 Å². The molecule has 0 radical (unpaired) electrons. The summed E-state index contributed by atoms with van der Waals surface area (Å²) in [6, 6.07) is 9.29. The minimum Gasteiger partial charge on any atom is -0.352 e. The molecular weight excluding hydrogens is 422 g/mol. The number of nitrogens with zero attached hydrogens (tertiary/aromatic N) is 2. The first-order chi connectivity index (χ1) is 16.0. The molecule has 3 fully saturated rings. The van der Waals surface area contributed by atoms with Crippen molar-refractivity contribution >= 4 is 23.8 Å². The highest BCUT2D eigenvalue weighted by Crippen LogP contribution is 2.33. The highest BCUT2D eigenvalue weighted by Gasteiger charge is 2.52. The molecule has 2 saturated heterocycles. The Hall–Kier alpha value is -2.94. The molecule has 3 N–H and O–H groups in total. The summed E-state index contributed by atoms with van der Waals surface area (Å²) in [6.45, 7) is 2.54. The molecule has 3 aliphatic rings. The number of carbonyl (C=O) groups is 4. The Morgan fingerprint density at radius 1 is 1.03 bits per heavy atom. The predicted octanol–water partition coefficient (Wildman–Crippen LogP) is 1.69. The van der Waals surface area contributed by atoms with Crippen LogP contribution in [-0.4, -0.2) is 58.8 Å². The van der Waals surface area contributed by atoms with Crippen molar-refractivity contribution in [3.05, 3.63) is 35.9 Å². The van der Waals surface area contributed by atoms with Gasteiger partial charge in [-0.15, -0.1) is 0 Å². The van der Waals surface area contributed by atoms with Gasteiger partial charge in [0.2, 0.25) is 11.8 Å². The molecule has 2 aliphatic heterocycles. The number of rotatable bonds is 7. The van der Waals surface area contributed by atoms with E-state index >= 15 is 0 Å². The minimum atomic E-state index is -0.842. The molecule has 33 heavy (non-hydrogen) atoms. The van der Waals surface area contributed by atoms with E-state index in [4.69, 9.17) is 0 Å². The van der Waals surface area contributed by atoms with Crippen LogP contribution in [0, 0.1) is 5.92 Å². The quantitative estimate of drug-likeness (QED) is 0.542. The normalized spacial score (nSPS) is 21.2. The van der Waals surface area contributed by atoms with Gasteiger partial charge in [0.15, 0.2) is 0 Å². The second kappa shape index (κ2) is 10.3. The number of urea groups is 1. The molecule has 1 spiro atoms. The van der Waals surface area contributed by atoms with Gasteiger partial charge in [0.05, 0.1) is 0 Å². The Kier molecular flexibility index (Phi) is 7.27. The number of likely N-dealkylation sites (tertiary alicyclic amines) is 1. The molecule has 5 amide bonds. The average Bonchev–Trinajstić information content (AvgIpc) is 3.06. The lowest BCUT2D eigenvalue weighted by Gasteiger charge is -2.31. The molecule has 9 heteroatoms. The third-order valence-electron chi connectivity index (χ3n) is 7.03. The smallest absolute Gasteiger partial charge is 0.344 e. The molecule has 0 unspecified atom stereocenters. The van der Waals surface area contributed by atoms with Crippen molar-refractivity contribution in [2.24, 2.45) is 5.92 Å². The van der Waals surface area contributed by atoms with Crippen molar-refractivity contribution in [2.75, 3.05) is 19.6 Å². The van der Waals surface area contributed by atoms with Gasteiger partial charge in [-0.1, -0.05) is 49.6 Å². The summed E-state index contributed by atoms with van der Waals surface area (Å²) in [5, 5.41) is 6.66. The topological polar surface area (TPSA) is 111 Å². The number of piperidine rings is 1. The molecule has 1 aromatic rings. The first kappa shape index (κ1) is 23.2. The average molecular weight is 456 g/mol. The van der Waals surface area contributed by atoms with Crippen LogP contribution in [0.25, 0.3) is 0 Å². The van der Waals surface area contributed by atoms with Gasteiger partial charge < -0.3 is 15.5 Å². The van der Waals surface area contributed by atoms with Gasteiger partial charge in [-0.2, -0.15) is 5.01 Å². The van der Waals surface area contributed by atoms with E-state index in [9.17, 15) is 19.2 Å². The summed E-state index contributed by atoms with van der Waals surface area (Å²) >= 11 is 0. The van der Waals surface area contributed by atoms with Gasteiger partial charge in [0.1, 0.15) is 5.54 Å². The van der Waals surface area contributed by atoms with Crippen LogP contribution in [-0.2, 0) is 20.9 Å². The van der Waals surface area contributed by atoms with Crippen molar-refractivity contribution < 1.29 is 19.2 Å². The van der Waals surface area contributed by atoms with Gasteiger partial charge in [-0.3, -0.25) is 19.8 Å². The van der Waals surface area contributed by atoms with Gasteiger partial charge >= 0.3 is 6.03 Å². The van der Waals surface area contributed by atoms with Gasteiger partial charge in [-0.05, 0) is 44.3 Å². The number of hydrazine groups is 1. The standard InChI is InChI=1S/C24H33N5O4/c30-20(27-29-22(32)24(26-23(29)33)12-5-2-6-13-24)11-16-28-14-9-19(10-15-28)21(31)25-17-18-7-3-1-4-8-18/h1,3-4,7-8,19H,2,5-6,9-17H2,(H,25,31)(H,26,33)(H,27,30). The fourth-order valence-corrected chi connectivity index (χ4v) is 5.00. The number of hydrogen-bond acceptors (Lipinski definition) is 5. The number of benzene rings is 1. The van der Waals surface area contributed by atoms with E-state index in [1.165, 1.54) is 0 Å². The Labute approximate surface area is 194 Å². The minimum absolute atomic E-state index is 0.0172. The molecule has 178 valence electrons. The van der Waals surface area contributed by atoms with E-state index in [1.54, 1.807) is 0 Å². The summed E-state index contributed by atoms with van der Waals surface area (Å²) in [5.74, 6) is -0.639. The fraction of sp³-hybridized carbons (Fsp3) is 0.583. The van der Waals surface area contributed by atoms with Gasteiger partial charge in [-0.25, -0.2) is 4.79 Å². The molecule has 0 aromatic heterocycles. The van der Waals surface area contributed by atoms with E-state index in [2.05, 4.69) is 21.0 Å². The third kappa shape index (κ3) is 5.52. The monoisotopic (exact) mass is 455 g/mol. The number of imide groups is 1. The molecule has 2 heterocycles. The van der Waals surface area contributed by atoms with Crippen molar-refractivity contribution in [3.8, 4) is 0 Å². The number of amides is 5. The summed E-state index contributed by atoms with van der Waals surface area (Å²) < 4.78 is 0. The molecular formula is C24H33N5O4. The third-order valence-corrected chi connectivity index (χ3v) is 7.03. The van der Waals surface area contributed by atoms with Crippen LogP contribution in [0.15, 0.2) is 30.3 Å². The van der Waals surface area contributed by atoms with Crippen LogP contribution in [0.1, 0.15) is 56.9 Å². The largest absolute Gasteiger partial charge is 0.352 e.